The fourth-order valence-corrected chi connectivity index (χ4v) is 2.40. The number of phenolic OH excluding ortho intramolecular Hbond substituents is 1. The molecule has 2 aromatic carbocycles. The van der Waals surface area contributed by atoms with Crippen molar-refractivity contribution in [2.75, 3.05) is 7.11 Å². The maximum absolute atomic E-state index is 12.6. The molecule has 6 heteroatoms. The van der Waals surface area contributed by atoms with Crippen LogP contribution in [0.1, 0.15) is 13.8 Å². The van der Waals surface area contributed by atoms with Crippen molar-refractivity contribution in [2.24, 2.45) is 0 Å². The Labute approximate surface area is 137 Å². The minimum atomic E-state index is -0.668. The molecule has 1 atom stereocenters. The number of hydrogen-bond donors (Lipinski definition) is 1. The van der Waals surface area contributed by atoms with E-state index in [1.165, 1.54) is 26.2 Å². The molecule has 0 saturated carbocycles. The molecule has 0 saturated heterocycles. The van der Waals surface area contributed by atoms with Crippen LogP contribution in [0, 0.1) is 0 Å². The number of ketones is 1. The fraction of sp³-hybridized carbons (Fsp3) is 0.222. The molecule has 0 spiro atoms. The molecule has 0 amide bonds. The predicted octanol–water partition coefficient (Wildman–Crippen LogP) is 3.02. The highest BCUT2D eigenvalue weighted by Gasteiger charge is 2.16. The first-order valence-corrected chi connectivity index (χ1v) is 7.35. The van der Waals surface area contributed by atoms with Gasteiger partial charge in [-0.25, -0.2) is 0 Å². The van der Waals surface area contributed by atoms with Crippen LogP contribution in [0.25, 0.3) is 21.9 Å². The van der Waals surface area contributed by atoms with Gasteiger partial charge in [-0.15, -0.1) is 0 Å². The molecule has 1 heterocycles. The van der Waals surface area contributed by atoms with Crippen LogP contribution in [0.3, 0.4) is 0 Å². The van der Waals surface area contributed by atoms with Gasteiger partial charge in [-0.05, 0) is 32.0 Å². The van der Waals surface area contributed by atoms with Crippen LogP contribution in [-0.4, -0.2) is 24.1 Å². The summed E-state index contributed by atoms with van der Waals surface area (Å²) in [6, 6.07) is 7.64. The molecule has 0 aliphatic rings. The molecule has 0 aliphatic carbocycles. The van der Waals surface area contributed by atoms with Crippen molar-refractivity contribution >= 4 is 27.7 Å². The lowest BCUT2D eigenvalue weighted by Crippen LogP contribution is -2.20. The Kier molecular flexibility index (Phi) is 3.89. The number of rotatable bonds is 4. The Morgan fingerprint density at radius 2 is 1.92 bits per heavy atom. The number of aromatic hydroxyl groups is 1. The van der Waals surface area contributed by atoms with Gasteiger partial charge in [0.25, 0.3) is 0 Å². The number of phenols is 1. The molecule has 1 N–H and O–H groups in total. The molecule has 3 aromatic rings. The molecule has 3 rings (SSSR count). The van der Waals surface area contributed by atoms with Crippen molar-refractivity contribution in [1.29, 1.82) is 0 Å². The molecule has 24 heavy (non-hydrogen) atoms. The Morgan fingerprint density at radius 3 is 2.58 bits per heavy atom. The minimum Gasteiger partial charge on any atom is -0.507 e. The summed E-state index contributed by atoms with van der Waals surface area (Å²) in [4.78, 5) is 24.0. The second kappa shape index (κ2) is 5.88. The predicted molar refractivity (Wildman–Crippen MR) is 89.0 cm³/mol. The number of benzene rings is 2. The zero-order valence-electron chi connectivity index (χ0n) is 13.5. The third-order valence-electron chi connectivity index (χ3n) is 3.82. The Bertz CT molecular complexity index is 1000. The smallest absolute Gasteiger partial charge is 0.204 e. The second-order valence-corrected chi connectivity index (χ2v) is 5.48. The summed E-state index contributed by atoms with van der Waals surface area (Å²) in [5.74, 6) is 0.348. The number of ether oxygens (including phenoxy) is 2. The van der Waals surface area contributed by atoms with Crippen LogP contribution in [0.15, 0.2) is 39.5 Å². The summed E-state index contributed by atoms with van der Waals surface area (Å²) in [6.07, 6.45) is -0.668. The van der Waals surface area contributed by atoms with Crippen LogP contribution >= 0.6 is 0 Å². The molecule has 0 bridgehead atoms. The lowest BCUT2D eigenvalue weighted by atomic mass is 10.1. The first kappa shape index (κ1) is 15.9. The number of carbonyl (C=O) groups excluding carboxylic acids is 1. The largest absolute Gasteiger partial charge is 0.507 e. The Morgan fingerprint density at radius 1 is 1.17 bits per heavy atom. The van der Waals surface area contributed by atoms with Gasteiger partial charge in [-0.2, -0.15) is 0 Å². The zero-order chi connectivity index (χ0) is 17.4. The Hall–Kier alpha value is -3.02. The maximum Gasteiger partial charge on any atom is 0.204 e. The van der Waals surface area contributed by atoms with E-state index in [2.05, 4.69) is 0 Å². The van der Waals surface area contributed by atoms with Gasteiger partial charge in [0.1, 0.15) is 33.8 Å². The third-order valence-corrected chi connectivity index (χ3v) is 3.82. The summed E-state index contributed by atoms with van der Waals surface area (Å²) < 4.78 is 16.3. The van der Waals surface area contributed by atoms with Crippen molar-refractivity contribution in [3.05, 3.63) is 40.6 Å². The number of fused-ring (bicyclic) bond motifs is 2. The highest BCUT2D eigenvalue weighted by molar-refractivity contribution is 5.94. The molecule has 0 fully saturated rings. The quantitative estimate of drug-likeness (QED) is 0.741. The molecule has 1 unspecified atom stereocenters. The monoisotopic (exact) mass is 328 g/mol. The number of Topliss-reactive ketones (excluding diaryl/α,β-unsaturated/α-hetero) is 1. The van der Waals surface area contributed by atoms with Crippen molar-refractivity contribution in [3.63, 3.8) is 0 Å². The van der Waals surface area contributed by atoms with Crippen LogP contribution < -0.4 is 14.9 Å². The Balaban J connectivity index is 2.23. The number of carbonyl (C=O) groups is 1. The molecular formula is C18H16O6. The molecule has 1 aromatic heterocycles. The molecule has 6 nitrogen and oxygen atoms in total. The molecule has 0 aliphatic heterocycles. The third kappa shape index (κ3) is 2.67. The molecule has 124 valence electrons. The van der Waals surface area contributed by atoms with Crippen LogP contribution in [0.2, 0.25) is 0 Å². The van der Waals surface area contributed by atoms with Gasteiger partial charge in [0.2, 0.25) is 5.43 Å². The van der Waals surface area contributed by atoms with E-state index in [-0.39, 0.29) is 33.7 Å². The first-order valence-electron chi connectivity index (χ1n) is 7.35. The lowest BCUT2D eigenvalue weighted by Gasteiger charge is -2.13. The summed E-state index contributed by atoms with van der Waals surface area (Å²) in [6.45, 7) is 3.01. The first-order chi connectivity index (χ1) is 11.4. The van der Waals surface area contributed by atoms with Crippen LogP contribution in [-0.2, 0) is 4.79 Å². The van der Waals surface area contributed by atoms with Crippen molar-refractivity contribution in [2.45, 2.75) is 20.0 Å². The number of hydrogen-bond acceptors (Lipinski definition) is 6. The SMILES string of the molecule is COc1ccc2oc3cc(OC(C)C(C)=O)cc(O)c3c(=O)c2c1. The number of methoxy groups -OCH3 is 1. The highest BCUT2D eigenvalue weighted by Crippen LogP contribution is 2.31. The highest BCUT2D eigenvalue weighted by atomic mass is 16.5. The normalized spacial score (nSPS) is 12.3. The van der Waals surface area contributed by atoms with Crippen LogP contribution in [0.4, 0.5) is 0 Å². The maximum atomic E-state index is 12.6. The molecular weight excluding hydrogens is 312 g/mol. The van der Waals surface area contributed by atoms with Crippen molar-refractivity contribution < 1.29 is 23.8 Å². The second-order valence-electron chi connectivity index (χ2n) is 5.48. The van der Waals surface area contributed by atoms with E-state index in [4.69, 9.17) is 13.9 Å². The van der Waals surface area contributed by atoms with Crippen LogP contribution in [0.5, 0.6) is 17.2 Å². The van der Waals surface area contributed by atoms with Crippen molar-refractivity contribution in [3.8, 4) is 17.2 Å². The van der Waals surface area contributed by atoms with Gasteiger partial charge >= 0.3 is 0 Å². The van der Waals surface area contributed by atoms with Gasteiger partial charge in [-0.1, -0.05) is 0 Å². The summed E-state index contributed by atoms with van der Waals surface area (Å²) in [5, 5.41) is 10.6. The topological polar surface area (TPSA) is 86.0 Å². The van der Waals surface area contributed by atoms with E-state index in [0.29, 0.717) is 16.7 Å². The average Bonchev–Trinajstić information content (AvgIpc) is 2.54. The summed E-state index contributed by atoms with van der Waals surface area (Å²) >= 11 is 0. The van der Waals surface area contributed by atoms with Gasteiger partial charge in [0.15, 0.2) is 11.9 Å². The van der Waals surface area contributed by atoms with Gasteiger partial charge in [-0.3, -0.25) is 9.59 Å². The lowest BCUT2D eigenvalue weighted by molar-refractivity contribution is -0.122. The standard InChI is InChI=1S/C18H16O6/c1-9(19)10(2)23-12-7-14(20)17-16(8-12)24-15-5-4-11(22-3)6-13(15)18(17)21/h4-8,10,20H,1-3H3. The van der Waals surface area contributed by atoms with Crippen molar-refractivity contribution in [1.82, 2.24) is 0 Å². The fourth-order valence-electron chi connectivity index (χ4n) is 2.40. The van der Waals surface area contributed by atoms with E-state index in [1.807, 2.05) is 0 Å². The summed E-state index contributed by atoms with van der Waals surface area (Å²) in [5.41, 5.74) is 0.182. The molecule has 0 radical (unpaired) electrons. The minimum absolute atomic E-state index is 0.0542. The van der Waals surface area contributed by atoms with Gasteiger partial charge in [0, 0.05) is 12.1 Å². The van der Waals surface area contributed by atoms with E-state index < -0.39 is 6.10 Å². The summed E-state index contributed by atoms with van der Waals surface area (Å²) in [7, 11) is 1.50. The van der Waals surface area contributed by atoms with E-state index in [9.17, 15) is 14.7 Å². The van der Waals surface area contributed by atoms with Gasteiger partial charge < -0.3 is 19.0 Å². The zero-order valence-corrected chi connectivity index (χ0v) is 13.5. The average molecular weight is 328 g/mol. The van der Waals surface area contributed by atoms with E-state index >= 15 is 0 Å². The van der Waals surface area contributed by atoms with E-state index in [1.54, 1.807) is 25.1 Å². The van der Waals surface area contributed by atoms with E-state index in [0.717, 1.165) is 0 Å². The van der Waals surface area contributed by atoms with Gasteiger partial charge in [0.05, 0.1) is 12.5 Å².